The van der Waals surface area contributed by atoms with Gasteiger partial charge in [-0.15, -0.1) is 0 Å². The molecule has 1 heterocycles. The van der Waals surface area contributed by atoms with Gasteiger partial charge in [-0.2, -0.15) is 0 Å². The standard InChI is InChI=1S/C34H27NO3/c1-23-12-8-10-18-27(23)30-29-21-20-25-15-9-11-19-28(25)31(29)38-33(37)34(30,22-24-13-4-2-5-14-24)35-32(36)26-16-6-3-7-17-26/h2-21,30H,22H2,1H3,(H,35,36)/t30-,34-/m0/s1. The highest BCUT2D eigenvalue weighted by atomic mass is 16.5. The number of carbonyl (C=O) groups excluding carboxylic acids is 2. The summed E-state index contributed by atoms with van der Waals surface area (Å²) in [7, 11) is 0. The van der Waals surface area contributed by atoms with Crippen molar-refractivity contribution in [3.05, 3.63) is 149 Å². The zero-order chi connectivity index (χ0) is 26.1. The first-order valence-electron chi connectivity index (χ1n) is 12.8. The Balaban J connectivity index is 1.62. The maximum absolute atomic E-state index is 14.4. The second-order valence-corrected chi connectivity index (χ2v) is 9.84. The molecule has 1 aliphatic heterocycles. The lowest BCUT2D eigenvalue weighted by Crippen LogP contribution is -2.63. The van der Waals surface area contributed by atoms with Crippen LogP contribution in [0, 0.1) is 6.92 Å². The Morgan fingerprint density at radius 2 is 1.42 bits per heavy atom. The third kappa shape index (κ3) is 4.04. The quantitative estimate of drug-likeness (QED) is 0.220. The average molecular weight is 498 g/mol. The van der Waals surface area contributed by atoms with Crippen LogP contribution in [-0.2, 0) is 11.2 Å². The fraction of sp³-hybridized carbons (Fsp3) is 0.118. The van der Waals surface area contributed by atoms with E-state index in [4.69, 9.17) is 4.74 Å². The van der Waals surface area contributed by atoms with Gasteiger partial charge in [0, 0.05) is 28.9 Å². The van der Waals surface area contributed by atoms with Gasteiger partial charge in [0.05, 0.1) is 0 Å². The van der Waals surface area contributed by atoms with Crippen LogP contribution in [0.1, 0.15) is 38.5 Å². The first-order valence-corrected chi connectivity index (χ1v) is 12.8. The van der Waals surface area contributed by atoms with Gasteiger partial charge in [0.2, 0.25) is 0 Å². The topological polar surface area (TPSA) is 55.4 Å². The molecule has 38 heavy (non-hydrogen) atoms. The summed E-state index contributed by atoms with van der Waals surface area (Å²) in [5.41, 5.74) is 2.93. The van der Waals surface area contributed by atoms with Crippen LogP contribution < -0.4 is 10.1 Å². The molecular weight excluding hydrogens is 470 g/mol. The lowest BCUT2D eigenvalue weighted by molar-refractivity contribution is -0.143. The van der Waals surface area contributed by atoms with Crippen LogP contribution in [0.5, 0.6) is 5.75 Å². The molecule has 4 nitrogen and oxygen atoms in total. The van der Waals surface area contributed by atoms with Crippen molar-refractivity contribution >= 4 is 22.6 Å². The number of benzene rings is 5. The molecule has 186 valence electrons. The van der Waals surface area contributed by atoms with Gasteiger partial charge in [0.25, 0.3) is 5.91 Å². The van der Waals surface area contributed by atoms with E-state index in [9.17, 15) is 9.59 Å². The SMILES string of the molecule is Cc1ccccc1[C@H]1c2ccc3ccccc3c2OC(=O)[C@@]1(Cc1ccccc1)NC(=O)c1ccccc1. The molecule has 2 atom stereocenters. The Hall–Kier alpha value is -4.70. The fourth-order valence-electron chi connectivity index (χ4n) is 5.64. The van der Waals surface area contributed by atoms with E-state index < -0.39 is 17.4 Å². The Bertz CT molecular complexity index is 1650. The molecule has 1 amide bonds. The van der Waals surface area contributed by atoms with Crippen LogP contribution >= 0.6 is 0 Å². The first-order chi connectivity index (χ1) is 18.6. The van der Waals surface area contributed by atoms with Crippen molar-refractivity contribution in [2.24, 2.45) is 0 Å². The van der Waals surface area contributed by atoms with Gasteiger partial charge in [-0.05, 0) is 41.1 Å². The van der Waals surface area contributed by atoms with Gasteiger partial charge in [-0.25, -0.2) is 4.79 Å². The molecule has 6 rings (SSSR count). The summed E-state index contributed by atoms with van der Waals surface area (Å²) in [5, 5.41) is 5.06. The van der Waals surface area contributed by atoms with E-state index in [0.717, 1.165) is 33.0 Å². The molecule has 0 radical (unpaired) electrons. The number of ether oxygens (including phenoxy) is 1. The van der Waals surface area contributed by atoms with Crippen molar-refractivity contribution in [2.75, 3.05) is 0 Å². The van der Waals surface area contributed by atoms with E-state index in [-0.39, 0.29) is 12.3 Å². The number of carbonyl (C=O) groups is 2. The third-order valence-electron chi connectivity index (χ3n) is 7.47. The predicted octanol–water partition coefficient (Wildman–Crippen LogP) is 6.61. The van der Waals surface area contributed by atoms with Gasteiger partial charge < -0.3 is 10.1 Å². The first kappa shape index (κ1) is 23.7. The largest absolute Gasteiger partial charge is 0.424 e. The Morgan fingerprint density at radius 1 is 0.763 bits per heavy atom. The maximum Gasteiger partial charge on any atom is 0.338 e. The zero-order valence-corrected chi connectivity index (χ0v) is 21.1. The van der Waals surface area contributed by atoms with Gasteiger partial charge in [-0.1, -0.05) is 109 Å². The normalized spacial score (nSPS) is 18.4. The second kappa shape index (κ2) is 9.64. The van der Waals surface area contributed by atoms with E-state index in [1.807, 2.05) is 110 Å². The van der Waals surface area contributed by atoms with Crippen molar-refractivity contribution in [3.8, 4) is 5.75 Å². The summed E-state index contributed by atoms with van der Waals surface area (Å²) >= 11 is 0. The number of aryl methyl sites for hydroxylation is 1. The molecule has 5 aromatic rings. The van der Waals surface area contributed by atoms with Crippen LogP contribution in [0.15, 0.2) is 121 Å². The summed E-state index contributed by atoms with van der Waals surface area (Å²) in [6, 6.07) is 38.9. The summed E-state index contributed by atoms with van der Waals surface area (Å²) in [6.45, 7) is 2.04. The molecule has 0 aliphatic carbocycles. The molecule has 0 aromatic heterocycles. The fourth-order valence-corrected chi connectivity index (χ4v) is 5.64. The number of hydrogen-bond acceptors (Lipinski definition) is 3. The van der Waals surface area contributed by atoms with E-state index in [1.54, 1.807) is 12.1 Å². The summed E-state index contributed by atoms with van der Waals surface area (Å²) in [6.07, 6.45) is 0.274. The molecule has 5 aromatic carbocycles. The molecule has 0 unspecified atom stereocenters. The van der Waals surface area contributed by atoms with Crippen LogP contribution in [0.4, 0.5) is 0 Å². The lowest BCUT2D eigenvalue weighted by Gasteiger charge is -2.44. The smallest absolute Gasteiger partial charge is 0.338 e. The van der Waals surface area contributed by atoms with E-state index in [1.165, 1.54) is 0 Å². The summed E-state index contributed by atoms with van der Waals surface area (Å²) in [4.78, 5) is 28.1. The van der Waals surface area contributed by atoms with Crippen molar-refractivity contribution < 1.29 is 14.3 Å². The van der Waals surface area contributed by atoms with Gasteiger partial charge in [0.15, 0.2) is 5.54 Å². The molecule has 4 heteroatoms. The zero-order valence-electron chi connectivity index (χ0n) is 21.1. The van der Waals surface area contributed by atoms with E-state index in [2.05, 4.69) is 11.4 Å². The Morgan fingerprint density at radius 3 is 2.18 bits per heavy atom. The molecular formula is C34H27NO3. The highest BCUT2D eigenvalue weighted by Gasteiger charge is 2.54. The minimum Gasteiger partial charge on any atom is -0.424 e. The molecule has 1 N–H and O–H groups in total. The summed E-state index contributed by atoms with van der Waals surface area (Å²) in [5.74, 6) is -0.708. The van der Waals surface area contributed by atoms with E-state index in [0.29, 0.717) is 11.3 Å². The summed E-state index contributed by atoms with van der Waals surface area (Å²) < 4.78 is 6.21. The van der Waals surface area contributed by atoms with Gasteiger partial charge in [-0.3, -0.25) is 4.79 Å². The van der Waals surface area contributed by atoms with Crippen LogP contribution in [0.25, 0.3) is 10.8 Å². The molecule has 0 spiro atoms. The van der Waals surface area contributed by atoms with Crippen molar-refractivity contribution in [3.63, 3.8) is 0 Å². The maximum atomic E-state index is 14.4. The van der Waals surface area contributed by atoms with Crippen LogP contribution in [0.3, 0.4) is 0 Å². The Labute approximate surface area is 221 Å². The second-order valence-electron chi connectivity index (χ2n) is 9.84. The molecule has 1 aliphatic rings. The van der Waals surface area contributed by atoms with Crippen LogP contribution in [-0.4, -0.2) is 17.4 Å². The predicted molar refractivity (Wildman–Crippen MR) is 149 cm³/mol. The minimum absolute atomic E-state index is 0.274. The monoisotopic (exact) mass is 497 g/mol. The number of esters is 1. The molecule has 0 bridgehead atoms. The number of nitrogens with one attached hydrogen (secondary N) is 1. The molecule has 0 saturated carbocycles. The minimum atomic E-state index is -1.38. The average Bonchev–Trinajstić information content (AvgIpc) is 2.95. The van der Waals surface area contributed by atoms with Crippen molar-refractivity contribution in [1.82, 2.24) is 5.32 Å². The molecule has 0 fully saturated rings. The number of rotatable bonds is 5. The van der Waals surface area contributed by atoms with Gasteiger partial charge >= 0.3 is 5.97 Å². The Kier molecular flexibility index (Phi) is 6.01. The van der Waals surface area contributed by atoms with Crippen molar-refractivity contribution in [1.29, 1.82) is 0 Å². The van der Waals surface area contributed by atoms with Crippen molar-refractivity contribution in [2.45, 2.75) is 24.8 Å². The van der Waals surface area contributed by atoms with Gasteiger partial charge in [0.1, 0.15) is 5.75 Å². The highest BCUT2D eigenvalue weighted by molar-refractivity contribution is 6.02. The lowest BCUT2D eigenvalue weighted by atomic mass is 9.68. The number of amides is 1. The number of fused-ring (bicyclic) bond motifs is 3. The van der Waals surface area contributed by atoms with Crippen LogP contribution in [0.2, 0.25) is 0 Å². The highest BCUT2D eigenvalue weighted by Crippen LogP contribution is 2.49. The number of hydrogen-bond donors (Lipinski definition) is 1. The third-order valence-corrected chi connectivity index (χ3v) is 7.47. The molecule has 0 saturated heterocycles. The van der Waals surface area contributed by atoms with E-state index >= 15 is 0 Å².